The van der Waals surface area contributed by atoms with Crippen molar-refractivity contribution in [3.63, 3.8) is 0 Å². The molecule has 0 N–H and O–H groups in total. The van der Waals surface area contributed by atoms with Gasteiger partial charge in [0.15, 0.2) is 0 Å². The zero-order valence-corrected chi connectivity index (χ0v) is 15.4. The van der Waals surface area contributed by atoms with E-state index in [1.54, 1.807) is 0 Å². The van der Waals surface area contributed by atoms with Gasteiger partial charge in [0.1, 0.15) is 0 Å². The van der Waals surface area contributed by atoms with Crippen LogP contribution < -0.4 is 0 Å². The largest absolute Gasteiger partial charge is 0.469 e. The van der Waals surface area contributed by atoms with E-state index >= 15 is 0 Å². The lowest BCUT2D eigenvalue weighted by molar-refractivity contribution is -0.140. The molecule has 0 aromatic heterocycles. The number of hydrogen-bond acceptors (Lipinski definition) is 4. The molecule has 1 aromatic carbocycles. The molecule has 1 unspecified atom stereocenters. The third-order valence-corrected chi connectivity index (χ3v) is 5.25. The second kappa shape index (κ2) is 6.46. The topological polar surface area (TPSA) is 44.8 Å². The number of esters is 1. The predicted octanol–water partition coefficient (Wildman–Crippen LogP) is 3.93. The third-order valence-electron chi connectivity index (χ3n) is 4.82. The zero-order chi connectivity index (χ0) is 17.4. The van der Waals surface area contributed by atoms with Crippen molar-refractivity contribution >= 4 is 24.7 Å². The average Bonchev–Trinajstić information content (AvgIpc) is 2.67. The third kappa shape index (κ3) is 3.73. The van der Waals surface area contributed by atoms with E-state index in [1.165, 1.54) is 7.11 Å². The Kier molecular flexibility index (Phi) is 5.14. The second-order valence-corrected chi connectivity index (χ2v) is 7.43. The Morgan fingerprint density at radius 3 is 2.30 bits per heavy atom. The van der Waals surface area contributed by atoms with Crippen molar-refractivity contribution in [3.8, 4) is 0 Å². The fourth-order valence-electron chi connectivity index (χ4n) is 2.59. The van der Waals surface area contributed by atoms with Crippen molar-refractivity contribution in [2.75, 3.05) is 7.11 Å². The maximum Gasteiger partial charge on any atom is 0.466 e. The van der Waals surface area contributed by atoms with E-state index in [1.807, 2.05) is 52.8 Å². The van der Waals surface area contributed by atoms with E-state index in [2.05, 4.69) is 0 Å². The lowest BCUT2D eigenvalue weighted by atomic mass is 9.66. The summed E-state index contributed by atoms with van der Waals surface area (Å²) in [6, 6.07) is 5.72. The molecule has 2 rings (SSSR count). The molecule has 1 fully saturated rings. The molecule has 23 heavy (non-hydrogen) atoms. The quantitative estimate of drug-likeness (QED) is 0.616. The number of rotatable bonds is 4. The van der Waals surface area contributed by atoms with Gasteiger partial charge in [-0.05, 0) is 51.8 Å². The number of benzene rings is 1. The lowest BCUT2D eigenvalue weighted by Crippen LogP contribution is -2.41. The summed E-state index contributed by atoms with van der Waals surface area (Å²) in [4.78, 5) is 11.9. The molecule has 0 saturated carbocycles. The number of halogens is 1. The Hall–Kier alpha value is -1.04. The van der Waals surface area contributed by atoms with Gasteiger partial charge in [-0.3, -0.25) is 4.79 Å². The minimum atomic E-state index is -0.514. The van der Waals surface area contributed by atoms with Crippen LogP contribution in [0, 0.1) is 6.92 Å². The average molecular weight is 339 g/mol. The fourth-order valence-corrected chi connectivity index (χ4v) is 2.70. The van der Waals surface area contributed by atoms with E-state index in [0.717, 1.165) is 11.1 Å². The monoisotopic (exact) mass is 338 g/mol. The summed E-state index contributed by atoms with van der Waals surface area (Å²) < 4.78 is 17.1. The van der Waals surface area contributed by atoms with Crippen LogP contribution in [0.25, 0.3) is 0 Å². The first-order valence-corrected chi connectivity index (χ1v) is 8.13. The molecule has 1 heterocycles. The summed E-state index contributed by atoms with van der Waals surface area (Å²) >= 11 is 6.11. The van der Waals surface area contributed by atoms with E-state index in [-0.39, 0.29) is 18.2 Å². The summed E-state index contributed by atoms with van der Waals surface area (Å²) in [5.41, 5.74) is 1.01. The van der Waals surface area contributed by atoms with E-state index in [9.17, 15) is 4.79 Å². The van der Waals surface area contributed by atoms with Gasteiger partial charge in [0.25, 0.3) is 0 Å². The second-order valence-electron chi connectivity index (χ2n) is 7.02. The number of hydrogen-bond donors (Lipinski definition) is 0. The molecule has 1 aliphatic heterocycles. The van der Waals surface area contributed by atoms with Crippen molar-refractivity contribution in [3.05, 3.63) is 34.3 Å². The van der Waals surface area contributed by atoms with Crippen molar-refractivity contribution in [1.82, 2.24) is 0 Å². The standard InChI is InChI=1S/C17H24BClO4/c1-11-9-12(7-8-14(11)19)13(10-15(20)21-6)18-22-16(2,3)17(4,5)23-18/h7-9,13H,10H2,1-6H3. The highest BCUT2D eigenvalue weighted by atomic mass is 35.5. The Morgan fingerprint density at radius 2 is 1.83 bits per heavy atom. The molecule has 4 nitrogen and oxygen atoms in total. The minimum absolute atomic E-state index is 0.189. The molecule has 0 bridgehead atoms. The molecule has 0 amide bonds. The maximum absolute atomic E-state index is 11.9. The Balaban J connectivity index is 2.35. The van der Waals surface area contributed by atoms with Crippen molar-refractivity contribution < 1.29 is 18.8 Å². The van der Waals surface area contributed by atoms with Crippen molar-refractivity contribution in [2.45, 2.75) is 58.1 Å². The van der Waals surface area contributed by atoms with Gasteiger partial charge in [0.05, 0.1) is 24.7 Å². The summed E-state index contributed by atoms with van der Waals surface area (Å²) in [7, 11) is 0.871. The summed E-state index contributed by atoms with van der Waals surface area (Å²) in [6.45, 7) is 9.92. The van der Waals surface area contributed by atoms with Crippen molar-refractivity contribution in [2.24, 2.45) is 0 Å². The Morgan fingerprint density at radius 1 is 1.26 bits per heavy atom. The van der Waals surface area contributed by atoms with Gasteiger partial charge in [-0.25, -0.2) is 0 Å². The van der Waals surface area contributed by atoms with Crippen LogP contribution in [0.1, 0.15) is 51.1 Å². The summed E-state index contributed by atoms with van der Waals surface area (Å²) in [6.07, 6.45) is 0.189. The van der Waals surface area contributed by atoms with Crippen LogP contribution in [0.15, 0.2) is 18.2 Å². The molecule has 126 valence electrons. The van der Waals surface area contributed by atoms with Gasteiger partial charge in [-0.2, -0.15) is 0 Å². The highest BCUT2D eigenvalue weighted by Crippen LogP contribution is 2.42. The number of carbonyl (C=O) groups is 1. The van der Waals surface area contributed by atoms with Gasteiger partial charge in [0.2, 0.25) is 0 Å². The van der Waals surface area contributed by atoms with Crippen molar-refractivity contribution in [1.29, 1.82) is 0 Å². The normalized spacial score (nSPS) is 20.4. The predicted molar refractivity (Wildman–Crippen MR) is 91.6 cm³/mol. The van der Waals surface area contributed by atoms with Gasteiger partial charge in [0, 0.05) is 10.8 Å². The molecule has 0 spiro atoms. The molecule has 0 radical (unpaired) electrons. The number of aryl methyl sites for hydroxylation is 1. The van der Waals surface area contributed by atoms with Crippen LogP contribution in [0.5, 0.6) is 0 Å². The first-order chi connectivity index (χ1) is 10.6. The minimum Gasteiger partial charge on any atom is -0.469 e. The first-order valence-electron chi connectivity index (χ1n) is 7.76. The molecular formula is C17H24BClO4. The van der Waals surface area contributed by atoms with Crippen LogP contribution in [0.4, 0.5) is 0 Å². The maximum atomic E-state index is 11.9. The summed E-state index contributed by atoms with van der Waals surface area (Å²) in [5.74, 6) is -0.545. The molecular weight excluding hydrogens is 314 g/mol. The van der Waals surface area contributed by atoms with Gasteiger partial charge in [-0.1, -0.05) is 23.7 Å². The van der Waals surface area contributed by atoms with Crippen LogP contribution in [-0.2, 0) is 18.8 Å². The Labute approximate surface area is 143 Å². The zero-order valence-electron chi connectivity index (χ0n) is 14.6. The van der Waals surface area contributed by atoms with Gasteiger partial charge >= 0.3 is 13.1 Å². The van der Waals surface area contributed by atoms with Gasteiger partial charge in [-0.15, -0.1) is 0 Å². The fraction of sp³-hybridized carbons (Fsp3) is 0.588. The van der Waals surface area contributed by atoms with E-state index in [0.29, 0.717) is 5.02 Å². The number of carbonyl (C=O) groups excluding carboxylic acids is 1. The SMILES string of the molecule is COC(=O)CC(B1OC(C)(C)C(C)(C)O1)c1ccc(Cl)c(C)c1. The molecule has 6 heteroatoms. The van der Waals surface area contributed by atoms with E-state index in [4.69, 9.17) is 25.6 Å². The smallest absolute Gasteiger partial charge is 0.466 e. The van der Waals surface area contributed by atoms with Crippen LogP contribution in [-0.4, -0.2) is 31.4 Å². The first kappa shape index (κ1) is 18.3. The number of ether oxygens (including phenoxy) is 1. The number of methoxy groups -OCH3 is 1. The molecule has 1 aliphatic rings. The highest BCUT2D eigenvalue weighted by molar-refractivity contribution is 6.48. The molecule has 1 saturated heterocycles. The van der Waals surface area contributed by atoms with Crippen LogP contribution in [0.2, 0.25) is 5.02 Å². The van der Waals surface area contributed by atoms with Crippen LogP contribution >= 0.6 is 11.6 Å². The Bertz CT molecular complexity index is 584. The van der Waals surface area contributed by atoms with Crippen LogP contribution in [0.3, 0.4) is 0 Å². The highest BCUT2D eigenvalue weighted by Gasteiger charge is 2.54. The molecule has 1 aromatic rings. The lowest BCUT2D eigenvalue weighted by Gasteiger charge is -2.32. The van der Waals surface area contributed by atoms with Gasteiger partial charge < -0.3 is 14.0 Å². The molecule has 1 atom stereocenters. The summed E-state index contributed by atoms with van der Waals surface area (Å²) in [5, 5.41) is 0.694. The van der Waals surface area contributed by atoms with E-state index < -0.39 is 18.3 Å². The molecule has 0 aliphatic carbocycles.